The van der Waals surface area contributed by atoms with Crippen LogP contribution in [0.4, 0.5) is 0 Å². The molecule has 1 aromatic rings. The molecule has 0 aliphatic carbocycles. The zero-order valence-electron chi connectivity index (χ0n) is 12.4. The average molecular weight is 314 g/mol. The highest BCUT2D eigenvalue weighted by molar-refractivity contribution is 5.85. The van der Waals surface area contributed by atoms with Crippen molar-refractivity contribution in [2.45, 2.75) is 25.7 Å². The van der Waals surface area contributed by atoms with E-state index in [0.29, 0.717) is 13.2 Å². The summed E-state index contributed by atoms with van der Waals surface area (Å²) in [6.07, 6.45) is 5.40. The van der Waals surface area contributed by atoms with Crippen molar-refractivity contribution in [3.8, 4) is 17.2 Å². The van der Waals surface area contributed by atoms with Crippen LogP contribution in [0.25, 0.3) is 0 Å². The Kier molecular flexibility index (Phi) is 6.46. The number of halogens is 1. The van der Waals surface area contributed by atoms with Crippen LogP contribution in [0.3, 0.4) is 0 Å². The second-order valence-electron chi connectivity index (χ2n) is 5.41. The molecule has 0 aromatic heterocycles. The lowest BCUT2D eigenvalue weighted by Crippen LogP contribution is -2.29. The number of benzene rings is 1. The summed E-state index contributed by atoms with van der Waals surface area (Å²) in [6, 6.07) is 5.81. The molecule has 0 N–H and O–H groups in total. The van der Waals surface area contributed by atoms with Gasteiger partial charge in [0.2, 0.25) is 0 Å². The standard InChI is InChI=1S/C16H23NO3.ClH/c1-2-4-8-17(7-3-1)9-10-18-14-5-6-15-16(13-14)20-12-11-19-15;/h5-6,13H,1-4,7-12H2;1H. The molecule has 5 heteroatoms. The van der Waals surface area contributed by atoms with Gasteiger partial charge in [0.1, 0.15) is 25.6 Å². The molecule has 118 valence electrons. The molecule has 0 atom stereocenters. The van der Waals surface area contributed by atoms with E-state index in [-0.39, 0.29) is 12.4 Å². The van der Waals surface area contributed by atoms with Crippen LogP contribution in [0.2, 0.25) is 0 Å². The molecule has 0 saturated carbocycles. The van der Waals surface area contributed by atoms with E-state index in [1.54, 1.807) is 0 Å². The first kappa shape index (κ1) is 16.2. The monoisotopic (exact) mass is 313 g/mol. The van der Waals surface area contributed by atoms with Crippen LogP contribution in [0, 0.1) is 0 Å². The van der Waals surface area contributed by atoms with Gasteiger partial charge in [-0.2, -0.15) is 0 Å². The van der Waals surface area contributed by atoms with E-state index in [2.05, 4.69) is 4.90 Å². The molecule has 4 nitrogen and oxygen atoms in total. The van der Waals surface area contributed by atoms with Gasteiger partial charge in [-0.3, -0.25) is 4.90 Å². The molecule has 1 aromatic carbocycles. The van der Waals surface area contributed by atoms with Crippen molar-refractivity contribution in [3.05, 3.63) is 18.2 Å². The number of likely N-dealkylation sites (tertiary alicyclic amines) is 1. The Labute approximate surface area is 132 Å². The SMILES string of the molecule is Cl.c1cc2c(cc1OCCN1CCCCCC1)OCCO2. The smallest absolute Gasteiger partial charge is 0.165 e. The average Bonchev–Trinajstić information content (AvgIpc) is 2.76. The van der Waals surface area contributed by atoms with Crippen molar-refractivity contribution in [3.63, 3.8) is 0 Å². The first-order valence-electron chi connectivity index (χ1n) is 7.67. The number of hydrogen-bond acceptors (Lipinski definition) is 4. The van der Waals surface area contributed by atoms with Crippen LogP contribution in [0.1, 0.15) is 25.7 Å². The summed E-state index contributed by atoms with van der Waals surface area (Å²) in [5.41, 5.74) is 0. The minimum absolute atomic E-state index is 0. The van der Waals surface area contributed by atoms with Crippen LogP contribution in [-0.2, 0) is 0 Å². The normalized spacial score (nSPS) is 18.5. The number of nitrogens with zero attached hydrogens (tertiary/aromatic N) is 1. The van der Waals surface area contributed by atoms with Crippen LogP contribution < -0.4 is 14.2 Å². The summed E-state index contributed by atoms with van der Waals surface area (Å²) >= 11 is 0. The Balaban J connectivity index is 0.00000161. The molecule has 1 saturated heterocycles. The maximum absolute atomic E-state index is 5.84. The first-order valence-corrected chi connectivity index (χ1v) is 7.67. The van der Waals surface area contributed by atoms with E-state index in [0.717, 1.165) is 30.4 Å². The number of rotatable bonds is 4. The summed E-state index contributed by atoms with van der Waals surface area (Å²) in [5.74, 6) is 2.48. The lowest BCUT2D eigenvalue weighted by atomic mass is 10.2. The summed E-state index contributed by atoms with van der Waals surface area (Å²) in [4.78, 5) is 2.50. The van der Waals surface area contributed by atoms with Crippen molar-refractivity contribution in [2.75, 3.05) is 39.5 Å². The molecule has 1 fully saturated rings. The second-order valence-corrected chi connectivity index (χ2v) is 5.41. The molecule has 3 rings (SSSR count). The number of hydrogen-bond donors (Lipinski definition) is 0. The maximum atomic E-state index is 5.84. The number of fused-ring (bicyclic) bond motifs is 1. The van der Waals surface area contributed by atoms with Gasteiger partial charge in [0.05, 0.1) is 0 Å². The van der Waals surface area contributed by atoms with E-state index in [9.17, 15) is 0 Å². The van der Waals surface area contributed by atoms with Gasteiger partial charge < -0.3 is 14.2 Å². The maximum Gasteiger partial charge on any atom is 0.165 e. The third-order valence-corrected chi connectivity index (χ3v) is 3.89. The van der Waals surface area contributed by atoms with Crippen LogP contribution in [0.5, 0.6) is 17.2 Å². The molecule has 0 radical (unpaired) electrons. The molecule has 21 heavy (non-hydrogen) atoms. The Morgan fingerprint density at radius 1 is 0.952 bits per heavy atom. The molecule has 2 aliphatic heterocycles. The molecule has 2 aliphatic rings. The third kappa shape index (κ3) is 4.68. The minimum Gasteiger partial charge on any atom is -0.492 e. The van der Waals surface area contributed by atoms with Crippen LogP contribution >= 0.6 is 12.4 Å². The second kappa shape index (κ2) is 8.35. The summed E-state index contributed by atoms with van der Waals surface area (Å²) in [7, 11) is 0. The lowest BCUT2D eigenvalue weighted by Gasteiger charge is -2.21. The zero-order chi connectivity index (χ0) is 13.6. The Morgan fingerprint density at radius 2 is 1.67 bits per heavy atom. The van der Waals surface area contributed by atoms with E-state index in [1.165, 1.54) is 38.8 Å². The van der Waals surface area contributed by atoms with E-state index < -0.39 is 0 Å². The van der Waals surface area contributed by atoms with E-state index in [4.69, 9.17) is 14.2 Å². The van der Waals surface area contributed by atoms with Crippen molar-refractivity contribution < 1.29 is 14.2 Å². The Bertz CT molecular complexity index is 434. The molecule has 0 spiro atoms. The quantitative estimate of drug-likeness (QED) is 0.854. The fraction of sp³-hybridized carbons (Fsp3) is 0.625. The third-order valence-electron chi connectivity index (χ3n) is 3.89. The van der Waals surface area contributed by atoms with Crippen LogP contribution in [0.15, 0.2) is 18.2 Å². The molecule has 0 bridgehead atoms. The summed E-state index contributed by atoms with van der Waals surface area (Å²) in [5, 5.41) is 0. The molecule has 0 unspecified atom stereocenters. The summed E-state index contributed by atoms with van der Waals surface area (Å²) in [6.45, 7) is 5.41. The van der Waals surface area contributed by atoms with Gasteiger partial charge in [-0.15, -0.1) is 12.4 Å². The highest BCUT2D eigenvalue weighted by Gasteiger charge is 2.13. The molecular weight excluding hydrogens is 290 g/mol. The largest absolute Gasteiger partial charge is 0.492 e. The lowest BCUT2D eigenvalue weighted by molar-refractivity contribution is 0.169. The van der Waals surface area contributed by atoms with Crippen LogP contribution in [-0.4, -0.2) is 44.4 Å². The highest BCUT2D eigenvalue weighted by Crippen LogP contribution is 2.33. The summed E-state index contributed by atoms with van der Waals surface area (Å²) < 4.78 is 16.9. The fourth-order valence-corrected chi connectivity index (χ4v) is 2.77. The van der Waals surface area contributed by atoms with Gasteiger partial charge in [0.25, 0.3) is 0 Å². The van der Waals surface area contributed by atoms with E-state index in [1.807, 2.05) is 18.2 Å². The number of ether oxygens (including phenoxy) is 3. The van der Waals surface area contributed by atoms with Gasteiger partial charge >= 0.3 is 0 Å². The molecular formula is C16H24ClNO3. The molecule has 0 amide bonds. The fourth-order valence-electron chi connectivity index (χ4n) is 2.77. The van der Waals surface area contributed by atoms with Crippen molar-refractivity contribution in [1.29, 1.82) is 0 Å². The van der Waals surface area contributed by atoms with Gasteiger partial charge in [0, 0.05) is 12.6 Å². The molecule has 2 heterocycles. The Morgan fingerprint density at radius 3 is 2.43 bits per heavy atom. The minimum atomic E-state index is 0. The highest BCUT2D eigenvalue weighted by atomic mass is 35.5. The van der Waals surface area contributed by atoms with Crippen molar-refractivity contribution in [2.24, 2.45) is 0 Å². The topological polar surface area (TPSA) is 30.9 Å². The van der Waals surface area contributed by atoms with Gasteiger partial charge in [-0.05, 0) is 38.1 Å². The van der Waals surface area contributed by atoms with Gasteiger partial charge in [-0.1, -0.05) is 12.8 Å². The predicted octanol–water partition coefficient (Wildman–Crippen LogP) is 3.13. The zero-order valence-corrected chi connectivity index (χ0v) is 13.2. The van der Waals surface area contributed by atoms with Gasteiger partial charge in [0.15, 0.2) is 11.5 Å². The first-order chi connectivity index (χ1) is 9.92. The van der Waals surface area contributed by atoms with Gasteiger partial charge in [-0.25, -0.2) is 0 Å². The predicted molar refractivity (Wildman–Crippen MR) is 85.1 cm³/mol. The van der Waals surface area contributed by atoms with Crippen molar-refractivity contribution in [1.82, 2.24) is 4.90 Å². The van der Waals surface area contributed by atoms with Crippen molar-refractivity contribution >= 4 is 12.4 Å². The van der Waals surface area contributed by atoms with E-state index >= 15 is 0 Å². The Hall–Kier alpha value is -1.13.